The van der Waals surface area contributed by atoms with Gasteiger partial charge in [0.2, 0.25) is 0 Å². The number of carbonyl (C=O) groups excluding carboxylic acids is 2. The summed E-state index contributed by atoms with van der Waals surface area (Å²) in [6.45, 7) is 0. The lowest BCUT2D eigenvalue weighted by Crippen LogP contribution is -2.12. The number of carbonyl (C=O) groups is 3. The van der Waals surface area contributed by atoms with Gasteiger partial charge in [0.1, 0.15) is 0 Å². The molecule has 0 radical (unpaired) electrons. The zero-order chi connectivity index (χ0) is 12.7. The van der Waals surface area contributed by atoms with Crippen molar-refractivity contribution in [3.63, 3.8) is 0 Å². The van der Waals surface area contributed by atoms with E-state index < -0.39 is 17.9 Å². The van der Waals surface area contributed by atoms with Crippen molar-refractivity contribution in [2.75, 3.05) is 0 Å². The number of rotatable bonds is 5. The summed E-state index contributed by atoms with van der Waals surface area (Å²) in [7, 11) is 0. The molecule has 0 atom stereocenters. The van der Waals surface area contributed by atoms with E-state index in [9.17, 15) is 14.4 Å². The molecule has 0 aromatic carbocycles. The Labute approximate surface area is 97.2 Å². The van der Waals surface area contributed by atoms with Crippen molar-refractivity contribution >= 4 is 17.9 Å². The fourth-order valence-corrected chi connectivity index (χ4v) is 1.09. The molecular weight excluding hydrogens is 226 g/mol. The van der Waals surface area contributed by atoms with Crippen molar-refractivity contribution in [2.45, 2.75) is 19.3 Å². The summed E-state index contributed by atoms with van der Waals surface area (Å²) in [6.07, 6.45) is 2.75. The number of pyridine rings is 1. The number of nitrogens with zero attached hydrogens (tertiary/aromatic N) is 1. The van der Waals surface area contributed by atoms with Crippen LogP contribution in [0.4, 0.5) is 0 Å². The maximum absolute atomic E-state index is 11.4. The van der Waals surface area contributed by atoms with Crippen LogP contribution >= 0.6 is 0 Å². The molecule has 0 aliphatic carbocycles. The first-order valence-electron chi connectivity index (χ1n) is 4.96. The smallest absolute Gasteiger partial charge is 0.345 e. The second-order valence-corrected chi connectivity index (χ2v) is 3.24. The van der Waals surface area contributed by atoms with Crippen LogP contribution in [0.3, 0.4) is 0 Å². The first kappa shape index (κ1) is 12.8. The van der Waals surface area contributed by atoms with Crippen LogP contribution in [0.15, 0.2) is 24.5 Å². The van der Waals surface area contributed by atoms with Crippen LogP contribution in [0.5, 0.6) is 0 Å². The van der Waals surface area contributed by atoms with E-state index >= 15 is 0 Å². The zero-order valence-electron chi connectivity index (χ0n) is 8.96. The Balaban J connectivity index is 2.36. The molecule has 1 aromatic rings. The molecule has 1 rings (SSSR count). The quantitative estimate of drug-likeness (QED) is 0.607. The van der Waals surface area contributed by atoms with Crippen LogP contribution in [-0.4, -0.2) is 28.0 Å². The third-order valence-corrected chi connectivity index (χ3v) is 1.89. The molecule has 6 nitrogen and oxygen atoms in total. The summed E-state index contributed by atoms with van der Waals surface area (Å²) in [5, 5.41) is 8.36. The average Bonchev–Trinajstić information content (AvgIpc) is 2.29. The summed E-state index contributed by atoms with van der Waals surface area (Å²) < 4.78 is 4.52. The van der Waals surface area contributed by atoms with Crippen LogP contribution in [-0.2, 0) is 14.3 Å². The van der Waals surface area contributed by atoms with Gasteiger partial charge in [-0.3, -0.25) is 14.6 Å². The number of aromatic nitrogens is 1. The van der Waals surface area contributed by atoms with Gasteiger partial charge in [-0.1, -0.05) is 0 Å². The van der Waals surface area contributed by atoms with Gasteiger partial charge in [-0.2, -0.15) is 0 Å². The Kier molecular flexibility index (Phi) is 4.80. The van der Waals surface area contributed by atoms with E-state index in [1.165, 1.54) is 24.5 Å². The van der Waals surface area contributed by atoms with Crippen molar-refractivity contribution in [1.82, 2.24) is 4.98 Å². The highest BCUT2D eigenvalue weighted by Crippen LogP contribution is 2.03. The minimum Gasteiger partial charge on any atom is -0.481 e. The lowest BCUT2D eigenvalue weighted by Gasteiger charge is -2.01. The molecule has 0 amide bonds. The number of esters is 2. The first-order valence-corrected chi connectivity index (χ1v) is 4.96. The normalized spacial score (nSPS) is 9.65. The molecule has 0 spiro atoms. The fourth-order valence-electron chi connectivity index (χ4n) is 1.09. The number of hydrogen-bond donors (Lipinski definition) is 1. The predicted octanol–water partition coefficient (Wildman–Crippen LogP) is 1.02. The van der Waals surface area contributed by atoms with Gasteiger partial charge in [0.05, 0.1) is 5.56 Å². The van der Waals surface area contributed by atoms with Gasteiger partial charge in [0.15, 0.2) is 0 Å². The molecule has 6 heteroatoms. The second-order valence-electron chi connectivity index (χ2n) is 3.24. The van der Waals surface area contributed by atoms with Crippen molar-refractivity contribution in [2.24, 2.45) is 0 Å². The third kappa shape index (κ3) is 4.87. The molecule has 0 saturated carbocycles. The van der Waals surface area contributed by atoms with Crippen molar-refractivity contribution in [1.29, 1.82) is 0 Å². The van der Waals surface area contributed by atoms with Crippen LogP contribution in [0.2, 0.25) is 0 Å². The van der Waals surface area contributed by atoms with Crippen molar-refractivity contribution in [3.8, 4) is 0 Å². The number of carboxylic acids is 1. The first-order chi connectivity index (χ1) is 8.09. The van der Waals surface area contributed by atoms with Crippen LogP contribution in [0.25, 0.3) is 0 Å². The largest absolute Gasteiger partial charge is 0.481 e. The van der Waals surface area contributed by atoms with E-state index in [1.54, 1.807) is 0 Å². The molecule has 1 heterocycles. The van der Waals surface area contributed by atoms with E-state index in [0.717, 1.165) is 0 Å². The molecule has 0 fully saturated rings. The minimum absolute atomic E-state index is 0.0941. The molecule has 0 aliphatic heterocycles. The minimum atomic E-state index is -0.988. The standard InChI is InChI=1S/C11H11NO5/c13-9(14)2-1-3-10(15)17-11(16)8-4-6-12-7-5-8/h4-7H,1-3H2,(H,13,14). The van der Waals surface area contributed by atoms with Gasteiger partial charge in [-0.25, -0.2) is 4.79 Å². The second kappa shape index (κ2) is 6.37. The molecule has 0 aliphatic rings. The SMILES string of the molecule is O=C(O)CCCC(=O)OC(=O)c1ccncc1. The molecule has 90 valence electrons. The van der Waals surface area contributed by atoms with E-state index in [1.807, 2.05) is 0 Å². The summed E-state index contributed by atoms with van der Waals surface area (Å²) in [5.74, 6) is -2.47. The Morgan fingerprint density at radius 1 is 1.18 bits per heavy atom. The van der Waals surface area contributed by atoms with Gasteiger partial charge in [0, 0.05) is 25.2 Å². The van der Waals surface area contributed by atoms with Crippen LogP contribution in [0, 0.1) is 0 Å². The summed E-state index contributed by atoms with van der Waals surface area (Å²) >= 11 is 0. The maximum Gasteiger partial charge on any atom is 0.345 e. The molecule has 0 bridgehead atoms. The van der Waals surface area contributed by atoms with Gasteiger partial charge in [0.25, 0.3) is 0 Å². The molecule has 0 unspecified atom stereocenters. The van der Waals surface area contributed by atoms with E-state index in [0.29, 0.717) is 0 Å². The highest BCUT2D eigenvalue weighted by Gasteiger charge is 2.12. The van der Waals surface area contributed by atoms with Crippen molar-refractivity contribution in [3.05, 3.63) is 30.1 Å². The van der Waals surface area contributed by atoms with Gasteiger partial charge >= 0.3 is 17.9 Å². The molecule has 1 N–H and O–H groups in total. The molecule has 0 saturated heterocycles. The monoisotopic (exact) mass is 237 g/mol. The molecule has 17 heavy (non-hydrogen) atoms. The topological polar surface area (TPSA) is 93.6 Å². The fraction of sp³-hybridized carbons (Fsp3) is 0.273. The lowest BCUT2D eigenvalue weighted by molar-refractivity contribution is -0.139. The number of hydrogen-bond acceptors (Lipinski definition) is 5. The lowest BCUT2D eigenvalue weighted by atomic mass is 10.2. The number of carboxylic acid groups (broad SMARTS) is 1. The number of aliphatic carboxylic acids is 1. The molecular formula is C11H11NO5. The maximum atomic E-state index is 11.4. The summed E-state index contributed by atoms with van der Waals surface area (Å²) in [6, 6.07) is 2.85. The van der Waals surface area contributed by atoms with Crippen molar-refractivity contribution < 1.29 is 24.2 Å². The van der Waals surface area contributed by atoms with E-state index in [2.05, 4.69) is 9.72 Å². The Morgan fingerprint density at radius 3 is 2.41 bits per heavy atom. The third-order valence-electron chi connectivity index (χ3n) is 1.89. The Morgan fingerprint density at radius 2 is 1.82 bits per heavy atom. The molecule has 1 aromatic heterocycles. The number of ether oxygens (including phenoxy) is 1. The summed E-state index contributed by atoms with van der Waals surface area (Å²) in [4.78, 5) is 36.4. The average molecular weight is 237 g/mol. The van der Waals surface area contributed by atoms with Gasteiger partial charge in [-0.05, 0) is 18.6 Å². The summed E-state index contributed by atoms with van der Waals surface area (Å²) in [5.41, 5.74) is 0.228. The predicted molar refractivity (Wildman–Crippen MR) is 56.1 cm³/mol. The zero-order valence-corrected chi connectivity index (χ0v) is 8.96. The van der Waals surface area contributed by atoms with Crippen LogP contribution < -0.4 is 0 Å². The Bertz CT molecular complexity index is 415. The Hall–Kier alpha value is -2.24. The van der Waals surface area contributed by atoms with Gasteiger partial charge in [-0.15, -0.1) is 0 Å². The van der Waals surface area contributed by atoms with Gasteiger partial charge < -0.3 is 9.84 Å². The highest BCUT2D eigenvalue weighted by molar-refractivity contribution is 5.96. The highest BCUT2D eigenvalue weighted by atomic mass is 16.6. The van der Waals surface area contributed by atoms with E-state index in [-0.39, 0.29) is 24.8 Å². The van der Waals surface area contributed by atoms with E-state index in [4.69, 9.17) is 5.11 Å². The van der Waals surface area contributed by atoms with Crippen LogP contribution in [0.1, 0.15) is 29.6 Å².